The summed E-state index contributed by atoms with van der Waals surface area (Å²) in [7, 11) is 0. The lowest BCUT2D eigenvalue weighted by atomic mass is 10.1. The molecule has 1 fully saturated rings. The van der Waals surface area contributed by atoms with Gasteiger partial charge >= 0.3 is 0 Å². The van der Waals surface area contributed by atoms with E-state index in [1.54, 1.807) is 0 Å². The minimum atomic E-state index is 0.398. The summed E-state index contributed by atoms with van der Waals surface area (Å²) in [6, 6.07) is 9.81. The Balaban J connectivity index is 1.44. The average Bonchev–Trinajstić information content (AvgIpc) is 3.33. The van der Waals surface area contributed by atoms with Gasteiger partial charge in [-0.2, -0.15) is 4.98 Å². The predicted octanol–water partition coefficient (Wildman–Crippen LogP) is 2.68. The molecule has 0 spiro atoms. The average molecular weight is 310 g/mol. The van der Waals surface area contributed by atoms with E-state index in [0.717, 1.165) is 37.6 Å². The Morgan fingerprint density at radius 1 is 1.22 bits per heavy atom. The van der Waals surface area contributed by atoms with Gasteiger partial charge in [0.25, 0.3) is 5.89 Å². The van der Waals surface area contributed by atoms with E-state index >= 15 is 0 Å². The van der Waals surface area contributed by atoms with E-state index in [9.17, 15) is 0 Å². The van der Waals surface area contributed by atoms with Gasteiger partial charge in [-0.3, -0.25) is 0 Å². The fourth-order valence-electron chi connectivity index (χ4n) is 2.88. The van der Waals surface area contributed by atoms with Crippen molar-refractivity contribution in [3.63, 3.8) is 0 Å². The van der Waals surface area contributed by atoms with Crippen LogP contribution in [0.15, 0.2) is 47.2 Å². The lowest BCUT2D eigenvalue weighted by Crippen LogP contribution is -2.11. The summed E-state index contributed by atoms with van der Waals surface area (Å²) < 4.78 is 13.0. The summed E-state index contributed by atoms with van der Waals surface area (Å²) in [6.45, 7) is 2.37. The van der Waals surface area contributed by atoms with E-state index in [1.807, 2.05) is 42.7 Å². The Bertz CT molecular complexity index is 760. The third-order valence-electron chi connectivity index (χ3n) is 4.11. The summed E-state index contributed by atoms with van der Waals surface area (Å²) in [5, 5.41) is 4.07. The van der Waals surface area contributed by atoms with Crippen LogP contribution in [0.2, 0.25) is 0 Å². The summed E-state index contributed by atoms with van der Waals surface area (Å²) in [5.41, 5.74) is 0.942. The molecule has 0 amide bonds. The normalized spacial score (nSPS) is 17.7. The van der Waals surface area contributed by atoms with Crippen LogP contribution < -0.4 is 0 Å². The predicted molar refractivity (Wildman–Crippen MR) is 83.8 cm³/mol. The molecule has 0 saturated carbocycles. The number of ether oxygens (including phenoxy) is 1. The fourth-order valence-corrected chi connectivity index (χ4v) is 2.88. The molecule has 1 aliphatic rings. The Labute approximate surface area is 134 Å². The van der Waals surface area contributed by atoms with Gasteiger partial charge in [0.2, 0.25) is 0 Å². The van der Waals surface area contributed by atoms with Crippen LogP contribution in [0, 0.1) is 0 Å². The number of hydrogen-bond acceptors (Lipinski definition) is 5. The molecule has 1 unspecified atom stereocenters. The Hall–Kier alpha value is -2.47. The number of benzene rings is 1. The second-order valence-corrected chi connectivity index (χ2v) is 5.67. The summed E-state index contributed by atoms with van der Waals surface area (Å²) in [4.78, 5) is 8.95. The van der Waals surface area contributed by atoms with Crippen LogP contribution in [-0.2, 0) is 17.7 Å². The third kappa shape index (κ3) is 3.03. The van der Waals surface area contributed by atoms with Crippen molar-refractivity contribution in [1.29, 1.82) is 0 Å². The zero-order chi connectivity index (χ0) is 15.5. The molecule has 1 saturated heterocycles. The van der Waals surface area contributed by atoms with Crippen LogP contribution in [0.5, 0.6) is 0 Å². The molecule has 3 aromatic rings. The molecule has 6 heteroatoms. The van der Waals surface area contributed by atoms with Gasteiger partial charge in [-0.15, -0.1) is 0 Å². The van der Waals surface area contributed by atoms with Crippen molar-refractivity contribution in [2.24, 2.45) is 0 Å². The molecule has 1 aliphatic heterocycles. The first kappa shape index (κ1) is 14.1. The van der Waals surface area contributed by atoms with Crippen molar-refractivity contribution in [3.8, 4) is 11.5 Å². The topological polar surface area (TPSA) is 66.0 Å². The fraction of sp³-hybridized carbons (Fsp3) is 0.353. The van der Waals surface area contributed by atoms with Gasteiger partial charge in [-0.25, -0.2) is 4.98 Å². The highest BCUT2D eigenvalue weighted by atomic mass is 16.5. The van der Waals surface area contributed by atoms with Crippen LogP contribution in [0.3, 0.4) is 0 Å². The highest BCUT2D eigenvalue weighted by Gasteiger charge is 2.22. The molecule has 0 bridgehead atoms. The lowest BCUT2D eigenvalue weighted by molar-refractivity contribution is 0.192. The van der Waals surface area contributed by atoms with Gasteiger partial charge in [0, 0.05) is 43.4 Å². The van der Waals surface area contributed by atoms with Gasteiger partial charge in [0.05, 0.1) is 6.61 Å². The van der Waals surface area contributed by atoms with Gasteiger partial charge in [-0.05, 0) is 18.6 Å². The highest BCUT2D eigenvalue weighted by Crippen LogP contribution is 2.24. The Morgan fingerprint density at radius 3 is 2.96 bits per heavy atom. The van der Waals surface area contributed by atoms with E-state index in [-0.39, 0.29) is 0 Å². The maximum atomic E-state index is 5.46. The summed E-state index contributed by atoms with van der Waals surface area (Å²) in [6.07, 6.45) is 5.61. The van der Waals surface area contributed by atoms with E-state index < -0.39 is 0 Å². The number of imidazole rings is 1. The van der Waals surface area contributed by atoms with Gasteiger partial charge in [0.1, 0.15) is 5.82 Å². The molecule has 0 N–H and O–H groups in total. The highest BCUT2D eigenvalue weighted by molar-refractivity contribution is 5.51. The van der Waals surface area contributed by atoms with Gasteiger partial charge < -0.3 is 13.8 Å². The van der Waals surface area contributed by atoms with Crippen LogP contribution in [0.1, 0.15) is 24.0 Å². The van der Waals surface area contributed by atoms with Crippen molar-refractivity contribution >= 4 is 0 Å². The first-order valence-corrected chi connectivity index (χ1v) is 7.87. The van der Waals surface area contributed by atoms with Crippen molar-refractivity contribution in [1.82, 2.24) is 19.7 Å². The molecular formula is C17H18N4O2. The summed E-state index contributed by atoms with van der Waals surface area (Å²) in [5.74, 6) is 2.77. The number of hydrogen-bond donors (Lipinski definition) is 0. The van der Waals surface area contributed by atoms with E-state index in [2.05, 4.69) is 19.7 Å². The standard InChI is InChI=1S/C17H18N4O2/c1-2-4-13(5-3-1)17-19-15(20-23-17)6-9-21-10-8-18-16(21)14-7-11-22-12-14/h1-5,8,10,14H,6-7,9,11-12H2. The van der Waals surface area contributed by atoms with Crippen LogP contribution >= 0.6 is 0 Å². The minimum absolute atomic E-state index is 0.398. The van der Waals surface area contributed by atoms with Gasteiger partial charge in [0.15, 0.2) is 5.82 Å². The molecule has 1 aromatic carbocycles. The molecule has 2 aromatic heterocycles. The molecule has 3 heterocycles. The van der Waals surface area contributed by atoms with E-state index in [4.69, 9.17) is 9.26 Å². The number of rotatable bonds is 5. The zero-order valence-corrected chi connectivity index (χ0v) is 12.8. The Kier molecular flexibility index (Phi) is 3.90. The lowest BCUT2D eigenvalue weighted by Gasteiger charge is -2.10. The maximum Gasteiger partial charge on any atom is 0.257 e. The molecular weight excluding hydrogens is 292 g/mol. The van der Waals surface area contributed by atoms with Crippen LogP contribution in [-0.4, -0.2) is 32.9 Å². The largest absolute Gasteiger partial charge is 0.381 e. The second-order valence-electron chi connectivity index (χ2n) is 5.67. The van der Waals surface area contributed by atoms with Crippen molar-refractivity contribution in [3.05, 3.63) is 54.4 Å². The third-order valence-corrected chi connectivity index (χ3v) is 4.11. The number of nitrogens with zero attached hydrogens (tertiary/aromatic N) is 4. The molecule has 0 radical (unpaired) electrons. The van der Waals surface area contributed by atoms with E-state index in [1.165, 1.54) is 0 Å². The zero-order valence-electron chi connectivity index (χ0n) is 12.8. The molecule has 0 aliphatic carbocycles. The Morgan fingerprint density at radius 2 is 2.13 bits per heavy atom. The second kappa shape index (κ2) is 6.34. The maximum absolute atomic E-state index is 5.46. The molecule has 23 heavy (non-hydrogen) atoms. The van der Waals surface area contributed by atoms with Crippen LogP contribution in [0.25, 0.3) is 11.5 Å². The molecule has 6 nitrogen and oxygen atoms in total. The van der Waals surface area contributed by atoms with Crippen molar-refractivity contribution in [2.45, 2.75) is 25.3 Å². The van der Waals surface area contributed by atoms with Crippen molar-refractivity contribution in [2.75, 3.05) is 13.2 Å². The summed E-state index contributed by atoms with van der Waals surface area (Å²) >= 11 is 0. The SMILES string of the molecule is c1ccc(-c2nc(CCn3ccnc3C3CCOC3)no2)cc1. The number of aromatic nitrogens is 4. The molecule has 118 valence electrons. The van der Waals surface area contributed by atoms with Gasteiger partial charge in [-0.1, -0.05) is 23.4 Å². The first-order valence-electron chi connectivity index (χ1n) is 7.87. The molecule has 4 rings (SSSR count). The first-order chi connectivity index (χ1) is 11.4. The van der Waals surface area contributed by atoms with E-state index in [0.29, 0.717) is 24.1 Å². The number of aryl methyl sites for hydroxylation is 2. The van der Waals surface area contributed by atoms with Crippen LogP contribution in [0.4, 0.5) is 0 Å². The molecule has 1 atom stereocenters. The quantitative estimate of drug-likeness (QED) is 0.725. The van der Waals surface area contributed by atoms with Crippen molar-refractivity contribution < 1.29 is 9.26 Å². The monoisotopic (exact) mass is 310 g/mol. The minimum Gasteiger partial charge on any atom is -0.381 e. The smallest absolute Gasteiger partial charge is 0.257 e.